The molecule has 0 radical (unpaired) electrons. The van der Waals surface area contributed by atoms with E-state index >= 15 is 0 Å². The quantitative estimate of drug-likeness (QED) is 0.453. The van der Waals surface area contributed by atoms with E-state index in [0.29, 0.717) is 5.46 Å². The molecule has 1 unspecified atom stereocenters. The van der Waals surface area contributed by atoms with Crippen molar-refractivity contribution in [3.63, 3.8) is 0 Å². The van der Waals surface area contributed by atoms with Crippen molar-refractivity contribution in [3.8, 4) is 11.3 Å². The largest absolute Gasteiger partial charge is 0.488 e. The lowest BCUT2D eigenvalue weighted by atomic mass is 9.67. The number of nitrogens with zero attached hydrogens (tertiary/aromatic N) is 4. The molecule has 5 rings (SSSR count). The van der Waals surface area contributed by atoms with E-state index in [9.17, 15) is 15.2 Å². The predicted molar refractivity (Wildman–Crippen MR) is 144 cm³/mol. The third-order valence-corrected chi connectivity index (χ3v) is 8.16. The summed E-state index contributed by atoms with van der Waals surface area (Å²) >= 11 is 0. The van der Waals surface area contributed by atoms with Gasteiger partial charge in [0.1, 0.15) is 6.10 Å². The van der Waals surface area contributed by atoms with Crippen LogP contribution in [0.1, 0.15) is 44.1 Å². The zero-order valence-corrected chi connectivity index (χ0v) is 21.9. The van der Waals surface area contributed by atoms with Crippen LogP contribution in [0.4, 0.5) is 5.69 Å². The van der Waals surface area contributed by atoms with Gasteiger partial charge >= 0.3 is 7.12 Å². The molecule has 8 nitrogen and oxygen atoms in total. The van der Waals surface area contributed by atoms with Crippen LogP contribution in [0.2, 0.25) is 0 Å². The van der Waals surface area contributed by atoms with E-state index in [-0.39, 0.29) is 18.6 Å². The van der Waals surface area contributed by atoms with Gasteiger partial charge in [0.15, 0.2) is 0 Å². The maximum absolute atomic E-state index is 10.5. The number of hydrogen-bond acceptors (Lipinski definition) is 7. The summed E-state index contributed by atoms with van der Waals surface area (Å²) in [5.74, 6) is -0.182. The summed E-state index contributed by atoms with van der Waals surface area (Å²) in [6.45, 7) is 10.9. The first-order valence-corrected chi connectivity index (χ1v) is 12.8. The lowest BCUT2D eigenvalue weighted by molar-refractivity contribution is 0.00951. The molecular weight excluding hydrogens is 455 g/mol. The van der Waals surface area contributed by atoms with Crippen LogP contribution < -0.4 is 10.4 Å². The molecule has 0 spiro atoms. The van der Waals surface area contributed by atoms with E-state index in [1.165, 1.54) is 0 Å². The standard InChI is InChI=1S/C27H37BN4O4/c1-6-32-21-8-7-17(28(34)35)13-19(21)22-23(27(2,3)16-33)26(36-5)24-20(25(22)32)14-18(15-29-24)31-11-9-30(4)10-12-31/h7-8,13-15,23,26,33-35H,6,9-12,16H2,1-5H3/t23?,26-/m0/s1. The maximum atomic E-state index is 10.5. The molecular formula is C27H37BN4O4. The number of aliphatic hydroxyl groups excluding tert-OH is 1. The van der Waals surface area contributed by atoms with Gasteiger partial charge in [-0.05, 0) is 42.5 Å². The summed E-state index contributed by atoms with van der Waals surface area (Å²) in [4.78, 5) is 9.72. The average Bonchev–Trinajstić information content (AvgIpc) is 3.21. The maximum Gasteiger partial charge on any atom is 0.488 e. The Morgan fingerprint density at radius 1 is 1.14 bits per heavy atom. The van der Waals surface area contributed by atoms with Gasteiger partial charge in [0, 0.05) is 68.8 Å². The number of methoxy groups -OCH3 is 1. The van der Waals surface area contributed by atoms with Gasteiger partial charge in [-0.2, -0.15) is 0 Å². The summed E-state index contributed by atoms with van der Waals surface area (Å²) in [6.07, 6.45) is 1.61. The minimum absolute atomic E-state index is 0.0210. The summed E-state index contributed by atoms with van der Waals surface area (Å²) < 4.78 is 8.43. The van der Waals surface area contributed by atoms with Crippen LogP contribution in [0.15, 0.2) is 30.5 Å². The Morgan fingerprint density at radius 3 is 2.47 bits per heavy atom. The van der Waals surface area contributed by atoms with Gasteiger partial charge in [-0.1, -0.05) is 26.0 Å². The number of rotatable bonds is 6. The zero-order chi connectivity index (χ0) is 25.8. The Kier molecular flexibility index (Phi) is 6.63. The van der Waals surface area contributed by atoms with Crippen molar-refractivity contribution < 1.29 is 19.9 Å². The fourth-order valence-corrected chi connectivity index (χ4v) is 6.07. The lowest BCUT2D eigenvalue weighted by Gasteiger charge is -2.42. The molecule has 1 aliphatic heterocycles. The van der Waals surface area contributed by atoms with Gasteiger partial charge in [0.2, 0.25) is 0 Å². The lowest BCUT2D eigenvalue weighted by Crippen LogP contribution is -2.44. The Balaban J connectivity index is 1.81. The molecule has 1 aliphatic carbocycles. The Morgan fingerprint density at radius 2 is 1.86 bits per heavy atom. The van der Waals surface area contributed by atoms with E-state index in [1.807, 2.05) is 18.3 Å². The summed E-state index contributed by atoms with van der Waals surface area (Å²) in [5.41, 5.74) is 6.15. The summed E-state index contributed by atoms with van der Waals surface area (Å²) in [7, 11) is 2.30. The van der Waals surface area contributed by atoms with E-state index in [2.05, 4.69) is 48.3 Å². The number of likely N-dealkylation sites (N-methyl/N-ethyl adjacent to an activating group) is 1. The summed E-state index contributed by atoms with van der Waals surface area (Å²) in [6, 6.07) is 7.85. The second-order valence-electron chi connectivity index (χ2n) is 10.9. The van der Waals surface area contributed by atoms with Crippen molar-refractivity contribution >= 4 is 29.2 Å². The highest BCUT2D eigenvalue weighted by Crippen LogP contribution is 2.56. The minimum Gasteiger partial charge on any atom is -0.423 e. The van der Waals surface area contributed by atoms with Crippen LogP contribution in [0, 0.1) is 5.41 Å². The van der Waals surface area contributed by atoms with Gasteiger partial charge < -0.3 is 34.3 Å². The molecule has 0 bridgehead atoms. The number of fused-ring (bicyclic) bond motifs is 5. The number of hydrogen-bond donors (Lipinski definition) is 3. The Hall–Kier alpha value is -2.43. The Labute approximate surface area is 213 Å². The first kappa shape index (κ1) is 25.2. The molecule has 0 saturated carbocycles. The van der Waals surface area contributed by atoms with Gasteiger partial charge in [-0.3, -0.25) is 4.98 Å². The fraction of sp³-hybridized carbons (Fsp3) is 0.519. The summed E-state index contributed by atoms with van der Waals surface area (Å²) in [5, 5.41) is 31.3. The third kappa shape index (κ3) is 3.94. The fourth-order valence-electron chi connectivity index (χ4n) is 6.07. The van der Waals surface area contributed by atoms with E-state index in [4.69, 9.17) is 9.72 Å². The van der Waals surface area contributed by atoms with Crippen molar-refractivity contribution in [1.29, 1.82) is 0 Å². The highest BCUT2D eigenvalue weighted by atomic mass is 16.5. The van der Waals surface area contributed by atoms with Crippen molar-refractivity contribution in [2.45, 2.75) is 39.3 Å². The number of aryl methyl sites for hydroxylation is 1. The molecule has 3 heterocycles. The number of anilines is 1. The number of aromatic nitrogens is 2. The first-order chi connectivity index (χ1) is 17.2. The van der Waals surface area contributed by atoms with Crippen molar-refractivity contribution in [2.75, 3.05) is 51.8 Å². The number of piperazine rings is 1. The zero-order valence-electron chi connectivity index (χ0n) is 21.9. The molecule has 0 amide bonds. The number of benzene rings is 1. The van der Waals surface area contributed by atoms with Crippen LogP contribution in [0.3, 0.4) is 0 Å². The highest BCUT2D eigenvalue weighted by Gasteiger charge is 2.46. The molecule has 2 atom stereocenters. The van der Waals surface area contributed by atoms with Gasteiger partial charge in [-0.15, -0.1) is 0 Å². The van der Waals surface area contributed by atoms with E-state index < -0.39 is 12.5 Å². The van der Waals surface area contributed by atoms with E-state index in [1.54, 1.807) is 13.2 Å². The number of aliphatic hydroxyl groups is 1. The van der Waals surface area contributed by atoms with Crippen LogP contribution in [-0.4, -0.2) is 83.7 Å². The number of ether oxygens (including phenoxy) is 1. The molecule has 3 aromatic rings. The number of pyridine rings is 1. The molecule has 1 fully saturated rings. The molecule has 1 saturated heterocycles. The first-order valence-electron chi connectivity index (χ1n) is 12.8. The van der Waals surface area contributed by atoms with Crippen LogP contribution >= 0.6 is 0 Å². The molecule has 9 heteroatoms. The SMILES string of the molecule is CCn1c2c(c3cc(B(O)O)ccc31)C(C(C)(C)CO)[C@H](OC)c1ncc(N3CCN(C)CC3)cc1-2. The molecule has 192 valence electrons. The van der Waals surface area contributed by atoms with E-state index in [0.717, 1.165) is 71.8 Å². The van der Waals surface area contributed by atoms with Crippen molar-refractivity contribution in [3.05, 3.63) is 41.7 Å². The molecule has 2 aromatic heterocycles. The van der Waals surface area contributed by atoms with Gasteiger partial charge in [0.25, 0.3) is 0 Å². The molecule has 36 heavy (non-hydrogen) atoms. The van der Waals surface area contributed by atoms with Crippen molar-refractivity contribution in [2.24, 2.45) is 5.41 Å². The normalized spacial score (nSPS) is 20.5. The minimum atomic E-state index is -1.56. The van der Waals surface area contributed by atoms with Crippen LogP contribution in [0.5, 0.6) is 0 Å². The second-order valence-corrected chi connectivity index (χ2v) is 10.9. The van der Waals surface area contributed by atoms with Crippen LogP contribution in [-0.2, 0) is 11.3 Å². The Bertz CT molecular complexity index is 1270. The molecule has 1 aromatic carbocycles. The van der Waals surface area contributed by atoms with Crippen molar-refractivity contribution in [1.82, 2.24) is 14.5 Å². The monoisotopic (exact) mass is 492 g/mol. The van der Waals surface area contributed by atoms with Gasteiger partial charge in [-0.25, -0.2) is 0 Å². The van der Waals surface area contributed by atoms with Crippen LogP contribution in [0.25, 0.3) is 22.2 Å². The highest BCUT2D eigenvalue weighted by molar-refractivity contribution is 6.59. The third-order valence-electron chi connectivity index (χ3n) is 8.16. The second kappa shape index (κ2) is 9.47. The topological polar surface area (TPSA) is 94.2 Å². The predicted octanol–water partition coefficient (Wildman–Crippen LogP) is 1.96. The smallest absolute Gasteiger partial charge is 0.423 e. The molecule has 3 N–H and O–H groups in total. The van der Waals surface area contributed by atoms with Gasteiger partial charge in [0.05, 0.1) is 23.3 Å². The molecule has 2 aliphatic rings. The average molecular weight is 492 g/mol.